The first-order valence-corrected chi connectivity index (χ1v) is 8.90. The molecule has 25 heavy (non-hydrogen) atoms. The predicted octanol–water partition coefficient (Wildman–Crippen LogP) is 5.00. The van der Waals surface area contributed by atoms with Crippen LogP contribution in [0.25, 0.3) is 0 Å². The lowest BCUT2D eigenvalue weighted by Crippen LogP contribution is -2.56. The molecule has 0 bridgehead atoms. The van der Waals surface area contributed by atoms with Gasteiger partial charge in [0.2, 0.25) is 3.79 Å². The molecule has 5 nitrogen and oxygen atoms in total. The molecule has 0 spiro atoms. The molecule has 0 saturated heterocycles. The highest BCUT2D eigenvalue weighted by Crippen LogP contribution is 2.29. The number of hydrogen-bond donors (Lipinski definition) is 3. The van der Waals surface area contributed by atoms with Gasteiger partial charge in [0.25, 0.3) is 5.91 Å². The molecule has 0 aliphatic heterocycles. The van der Waals surface area contributed by atoms with Crippen LogP contribution in [0.1, 0.15) is 10.6 Å². The third-order valence-corrected chi connectivity index (χ3v) is 4.41. The Bertz CT molecular complexity index is 764. The van der Waals surface area contributed by atoms with E-state index in [0.29, 0.717) is 15.7 Å². The van der Waals surface area contributed by atoms with Crippen LogP contribution >= 0.6 is 70.2 Å². The van der Waals surface area contributed by atoms with E-state index in [1.807, 2.05) is 0 Å². The van der Waals surface area contributed by atoms with Crippen molar-refractivity contribution < 1.29 is 9.21 Å². The SMILES string of the molecule is O=C(N[C@@H](NC(=S)Nc1ccc(Cl)c(Cl)c1)C(Cl)(Cl)Cl)c1ccco1. The average Bonchev–Trinajstić information content (AvgIpc) is 3.03. The molecule has 0 radical (unpaired) electrons. The third-order valence-electron chi connectivity index (χ3n) is 2.80. The van der Waals surface area contributed by atoms with Crippen LogP contribution < -0.4 is 16.0 Å². The Labute approximate surface area is 173 Å². The number of furan rings is 1. The number of amides is 1. The number of benzene rings is 1. The van der Waals surface area contributed by atoms with E-state index in [-0.39, 0.29) is 10.9 Å². The Morgan fingerprint density at radius 1 is 1.12 bits per heavy atom. The summed E-state index contributed by atoms with van der Waals surface area (Å²) >= 11 is 34.6. The summed E-state index contributed by atoms with van der Waals surface area (Å²) in [7, 11) is 0. The maximum absolute atomic E-state index is 12.1. The second-order valence-corrected chi connectivity index (χ2v) is 8.24. The first-order chi connectivity index (χ1) is 11.7. The molecule has 0 saturated carbocycles. The van der Waals surface area contributed by atoms with Crippen molar-refractivity contribution in [1.29, 1.82) is 0 Å². The standard InChI is InChI=1S/C14H10Cl5N3O2S/c15-8-4-3-7(6-9(8)16)20-13(25)22-12(14(17,18)19)21-11(23)10-2-1-5-24-10/h1-6,12H,(H,21,23)(H2,20,22,25)/t12-/m0/s1. The van der Waals surface area contributed by atoms with Gasteiger partial charge in [-0.2, -0.15) is 0 Å². The van der Waals surface area contributed by atoms with E-state index in [0.717, 1.165) is 0 Å². The first kappa shape index (κ1) is 20.4. The number of carbonyl (C=O) groups is 1. The topological polar surface area (TPSA) is 66.3 Å². The summed E-state index contributed by atoms with van der Waals surface area (Å²) in [5.41, 5.74) is 0.562. The molecule has 2 aromatic rings. The van der Waals surface area contributed by atoms with Crippen molar-refractivity contribution >= 4 is 86.9 Å². The van der Waals surface area contributed by atoms with Gasteiger partial charge >= 0.3 is 0 Å². The van der Waals surface area contributed by atoms with E-state index < -0.39 is 15.9 Å². The van der Waals surface area contributed by atoms with Crippen LogP contribution in [-0.4, -0.2) is 21.0 Å². The zero-order valence-electron chi connectivity index (χ0n) is 12.2. The van der Waals surface area contributed by atoms with Gasteiger partial charge in [0.15, 0.2) is 10.9 Å². The number of halogens is 5. The minimum Gasteiger partial charge on any atom is -0.459 e. The summed E-state index contributed by atoms with van der Waals surface area (Å²) in [6.07, 6.45) is 0.223. The number of alkyl halides is 3. The second kappa shape index (κ2) is 8.66. The molecule has 1 aromatic heterocycles. The lowest BCUT2D eigenvalue weighted by molar-refractivity contribution is 0.0906. The summed E-state index contributed by atoms with van der Waals surface area (Å²) in [6.45, 7) is 0. The fourth-order valence-corrected chi connectivity index (χ4v) is 2.54. The maximum atomic E-state index is 12.1. The van der Waals surface area contributed by atoms with Crippen molar-refractivity contribution in [3.63, 3.8) is 0 Å². The van der Waals surface area contributed by atoms with Crippen LogP contribution in [0.3, 0.4) is 0 Å². The Hall–Kier alpha value is -0.890. The van der Waals surface area contributed by atoms with E-state index in [1.54, 1.807) is 24.3 Å². The smallest absolute Gasteiger partial charge is 0.288 e. The van der Waals surface area contributed by atoms with Gasteiger partial charge < -0.3 is 20.4 Å². The first-order valence-electron chi connectivity index (χ1n) is 6.60. The van der Waals surface area contributed by atoms with Crippen LogP contribution in [-0.2, 0) is 0 Å². The Morgan fingerprint density at radius 3 is 2.40 bits per heavy atom. The van der Waals surface area contributed by atoms with Gasteiger partial charge in [-0.15, -0.1) is 0 Å². The summed E-state index contributed by atoms with van der Waals surface area (Å²) in [5.74, 6) is -0.518. The van der Waals surface area contributed by atoms with E-state index >= 15 is 0 Å². The minimum absolute atomic E-state index is 0.0596. The summed E-state index contributed by atoms with van der Waals surface area (Å²) < 4.78 is 3.11. The summed E-state index contributed by atoms with van der Waals surface area (Å²) in [4.78, 5) is 12.1. The Kier molecular flexibility index (Phi) is 7.08. The molecule has 3 N–H and O–H groups in total. The molecule has 0 unspecified atom stereocenters. The van der Waals surface area contributed by atoms with E-state index in [2.05, 4.69) is 16.0 Å². The minimum atomic E-state index is -1.88. The third kappa shape index (κ3) is 6.09. The fraction of sp³-hybridized carbons (Fsp3) is 0.143. The van der Waals surface area contributed by atoms with Crippen LogP contribution in [0, 0.1) is 0 Å². The molecule has 1 heterocycles. The Morgan fingerprint density at radius 2 is 1.84 bits per heavy atom. The fourth-order valence-electron chi connectivity index (χ4n) is 1.68. The van der Waals surface area contributed by atoms with Crippen LogP contribution in [0.4, 0.5) is 5.69 Å². The van der Waals surface area contributed by atoms with E-state index in [9.17, 15) is 4.79 Å². The summed E-state index contributed by atoms with van der Waals surface area (Å²) in [5, 5.41) is 8.87. The van der Waals surface area contributed by atoms with Crippen molar-refractivity contribution in [3.8, 4) is 0 Å². The second-order valence-electron chi connectivity index (χ2n) is 4.65. The number of anilines is 1. The molecule has 0 aliphatic carbocycles. The van der Waals surface area contributed by atoms with E-state index in [4.69, 9.17) is 74.6 Å². The maximum Gasteiger partial charge on any atom is 0.288 e. The molecule has 134 valence electrons. The lowest BCUT2D eigenvalue weighted by Gasteiger charge is -2.27. The van der Waals surface area contributed by atoms with Gasteiger partial charge in [-0.05, 0) is 42.5 Å². The molecule has 0 fully saturated rings. The van der Waals surface area contributed by atoms with Crippen molar-refractivity contribution in [2.24, 2.45) is 0 Å². The van der Waals surface area contributed by atoms with Gasteiger partial charge in [0.05, 0.1) is 16.3 Å². The molecular weight excluding hydrogens is 452 g/mol. The van der Waals surface area contributed by atoms with Crippen molar-refractivity contribution in [1.82, 2.24) is 10.6 Å². The quantitative estimate of drug-likeness (QED) is 0.340. The monoisotopic (exact) mass is 459 g/mol. The highest BCUT2D eigenvalue weighted by atomic mass is 35.6. The zero-order chi connectivity index (χ0) is 18.6. The molecule has 11 heteroatoms. The largest absolute Gasteiger partial charge is 0.459 e. The molecule has 1 aromatic carbocycles. The number of thiocarbonyl (C=S) groups is 1. The molecule has 0 aliphatic rings. The molecular formula is C14H10Cl5N3O2S. The van der Waals surface area contributed by atoms with Crippen molar-refractivity contribution in [2.45, 2.75) is 9.96 Å². The molecule has 2 rings (SSSR count). The predicted molar refractivity (Wildman–Crippen MR) is 106 cm³/mol. The highest BCUT2D eigenvalue weighted by Gasteiger charge is 2.35. The van der Waals surface area contributed by atoms with Gasteiger partial charge in [-0.3, -0.25) is 4.79 Å². The summed E-state index contributed by atoms with van der Waals surface area (Å²) in [6, 6.07) is 7.86. The zero-order valence-corrected chi connectivity index (χ0v) is 16.8. The number of rotatable bonds is 4. The van der Waals surface area contributed by atoms with Crippen molar-refractivity contribution in [3.05, 3.63) is 52.4 Å². The van der Waals surface area contributed by atoms with Gasteiger partial charge in [0, 0.05) is 5.69 Å². The molecule has 1 amide bonds. The highest BCUT2D eigenvalue weighted by molar-refractivity contribution is 7.80. The molecule has 1 atom stereocenters. The van der Waals surface area contributed by atoms with Crippen LogP contribution in [0.15, 0.2) is 41.0 Å². The van der Waals surface area contributed by atoms with Gasteiger partial charge in [0.1, 0.15) is 6.17 Å². The lowest BCUT2D eigenvalue weighted by atomic mass is 10.3. The van der Waals surface area contributed by atoms with Gasteiger partial charge in [-0.25, -0.2) is 0 Å². The Balaban J connectivity index is 2.04. The number of carbonyl (C=O) groups excluding carboxylic acids is 1. The van der Waals surface area contributed by atoms with Crippen molar-refractivity contribution in [2.75, 3.05) is 5.32 Å². The van der Waals surface area contributed by atoms with E-state index in [1.165, 1.54) is 12.3 Å². The average molecular weight is 462 g/mol. The van der Waals surface area contributed by atoms with Crippen LogP contribution in [0.2, 0.25) is 10.0 Å². The number of hydrogen-bond acceptors (Lipinski definition) is 3. The van der Waals surface area contributed by atoms with Gasteiger partial charge in [-0.1, -0.05) is 58.0 Å². The number of nitrogens with one attached hydrogen (secondary N) is 3. The van der Waals surface area contributed by atoms with Crippen LogP contribution in [0.5, 0.6) is 0 Å². The normalized spacial score (nSPS) is 12.4.